The highest BCUT2D eigenvalue weighted by molar-refractivity contribution is 6.31. The molecule has 6 heteroatoms. The van der Waals surface area contributed by atoms with Crippen LogP contribution in [0.4, 0.5) is 4.39 Å². The number of carboxylic acids is 1. The number of halogens is 1. The van der Waals surface area contributed by atoms with Crippen LogP contribution in [0, 0.1) is 11.7 Å². The molecule has 1 saturated heterocycles. The Balaban J connectivity index is 2.18. The van der Waals surface area contributed by atoms with Crippen molar-refractivity contribution < 1.29 is 23.8 Å². The van der Waals surface area contributed by atoms with E-state index >= 15 is 0 Å². The molecule has 0 saturated carbocycles. The number of carbonyl (C=O) groups excluding carboxylic acids is 1. The summed E-state index contributed by atoms with van der Waals surface area (Å²) in [7, 11) is 0. The van der Waals surface area contributed by atoms with E-state index in [-0.39, 0.29) is 22.6 Å². The summed E-state index contributed by atoms with van der Waals surface area (Å²) >= 11 is 0. The minimum atomic E-state index is -1.41. The molecule has 1 heterocycles. The number of aliphatic carboxylic acids is 1. The van der Waals surface area contributed by atoms with Gasteiger partial charge in [0.05, 0.1) is 6.61 Å². The van der Waals surface area contributed by atoms with Gasteiger partial charge in [-0.3, -0.25) is 4.79 Å². The molecule has 1 aliphatic heterocycles. The molecule has 1 aromatic rings. The van der Waals surface area contributed by atoms with Gasteiger partial charge >= 0.3 is 11.9 Å². The third kappa shape index (κ3) is 5.24. The average molecular weight is 393 g/mol. The first kappa shape index (κ1) is 22.2. The SMILES string of the molecule is CC(C)(C)c1cc(F)cc(C(C)(C)C)c1OCC1CCN(C(=O)C(=O)O)CC1. The van der Waals surface area contributed by atoms with Gasteiger partial charge in [-0.05, 0) is 41.7 Å². The molecule has 0 unspecified atom stereocenters. The second-order valence-electron chi connectivity index (χ2n) is 9.68. The quantitative estimate of drug-likeness (QED) is 0.785. The average Bonchev–Trinajstić information content (AvgIpc) is 2.58. The Morgan fingerprint density at radius 2 is 1.54 bits per heavy atom. The standard InChI is InChI=1S/C22H32FNO4/c1-21(2,3)16-11-15(23)12-17(22(4,5)6)18(16)28-13-14-7-9-24(10-8-14)19(25)20(26)27/h11-12,14H,7-10,13H2,1-6H3,(H,26,27). The molecule has 1 amide bonds. The lowest BCUT2D eigenvalue weighted by atomic mass is 9.79. The Bertz CT molecular complexity index is 703. The maximum atomic E-state index is 14.3. The summed E-state index contributed by atoms with van der Waals surface area (Å²) in [5, 5.41) is 8.84. The lowest BCUT2D eigenvalue weighted by Gasteiger charge is -2.33. The molecule has 0 bridgehead atoms. The van der Waals surface area contributed by atoms with Crippen molar-refractivity contribution in [2.24, 2.45) is 5.92 Å². The summed E-state index contributed by atoms with van der Waals surface area (Å²) in [5.74, 6) is -1.55. The number of hydrogen-bond acceptors (Lipinski definition) is 3. The van der Waals surface area contributed by atoms with Crippen LogP contribution in [0.5, 0.6) is 5.75 Å². The predicted octanol–water partition coefficient (Wildman–Crippen LogP) is 4.12. The first-order chi connectivity index (χ1) is 12.8. The van der Waals surface area contributed by atoms with Crippen LogP contribution in [0.1, 0.15) is 65.5 Å². The Kier molecular flexibility index (Phi) is 6.41. The highest BCUT2D eigenvalue weighted by Crippen LogP contribution is 2.40. The van der Waals surface area contributed by atoms with Crippen LogP contribution < -0.4 is 4.74 Å². The van der Waals surface area contributed by atoms with Crippen LogP contribution >= 0.6 is 0 Å². The molecular formula is C22H32FNO4. The van der Waals surface area contributed by atoms with Crippen molar-refractivity contribution >= 4 is 11.9 Å². The van der Waals surface area contributed by atoms with E-state index in [0.29, 0.717) is 32.5 Å². The van der Waals surface area contributed by atoms with Crippen molar-refractivity contribution in [2.45, 2.75) is 65.2 Å². The lowest BCUT2D eigenvalue weighted by molar-refractivity contribution is -0.156. The van der Waals surface area contributed by atoms with E-state index in [1.807, 2.05) is 41.5 Å². The van der Waals surface area contributed by atoms with Crippen molar-refractivity contribution in [3.05, 3.63) is 29.1 Å². The van der Waals surface area contributed by atoms with Gasteiger partial charge in [-0.15, -0.1) is 0 Å². The molecule has 0 aliphatic carbocycles. The fourth-order valence-electron chi connectivity index (χ4n) is 3.50. The minimum Gasteiger partial charge on any atom is -0.493 e. The molecule has 0 radical (unpaired) electrons. The summed E-state index contributed by atoms with van der Waals surface area (Å²) in [6.45, 7) is 13.5. The molecule has 1 aliphatic rings. The van der Waals surface area contributed by atoms with E-state index in [4.69, 9.17) is 9.84 Å². The number of nitrogens with zero attached hydrogens (tertiary/aromatic N) is 1. The Morgan fingerprint density at radius 3 is 1.93 bits per heavy atom. The van der Waals surface area contributed by atoms with E-state index in [9.17, 15) is 14.0 Å². The van der Waals surface area contributed by atoms with Gasteiger partial charge in [-0.1, -0.05) is 41.5 Å². The van der Waals surface area contributed by atoms with Crippen LogP contribution in [0.3, 0.4) is 0 Å². The molecule has 1 aromatic carbocycles. The summed E-state index contributed by atoms with van der Waals surface area (Å²) in [4.78, 5) is 23.8. The molecule has 0 aromatic heterocycles. The van der Waals surface area contributed by atoms with Gasteiger partial charge in [-0.25, -0.2) is 9.18 Å². The van der Waals surface area contributed by atoms with E-state index in [2.05, 4.69) is 0 Å². The number of benzene rings is 1. The Morgan fingerprint density at radius 1 is 1.07 bits per heavy atom. The fourth-order valence-corrected chi connectivity index (χ4v) is 3.50. The van der Waals surface area contributed by atoms with Gasteiger partial charge in [0, 0.05) is 24.2 Å². The van der Waals surface area contributed by atoms with Gasteiger partial charge in [-0.2, -0.15) is 0 Å². The van der Waals surface area contributed by atoms with Gasteiger partial charge < -0.3 is 14.7 Å². The Labute approximate surface area is 166 Å². The summed E-state index contributed by atoms with van der Waals surface area (Å²) in [6.07, 6.45) is 1.38. The molecule has 2 rings (SSSR count). The summed E-state index contributed by atoms with van der Waals surface area (Å²) < 4.78 is 20.6. The largest absolute Gasteiger partial charge is 0.493 e. The number of carbonyl (C=O) groups is 2. The van der Waals surface area contributed by atoms with Crippen molar-refractivity contribution in [1.82, 2.24) is 4.90 Å². The number of amides is 1. The third-order valence-electron chi connectivity index (χ3n) is 5.22. The maximum absolute atomic E-state index is 14.3. The van der Waals surface area contributed by atoms with Crippen molar-refractivity contribution in [3.63, 3.8) is 0 Å². The molecule has 0 spiro atoms. The van der Waals surface area contributed by atoms with Crippen LogP contribution in [0.2, 0.25) is 0 Å². The van der Waals surface area contributed by atoms with E-state index in [0.717, 1.165) is 16.9 Å². The number of carboxylic acid groups (broad SMARTS) is 1. The van der Waals surface area contributed by atoms with Crippen molar-refractivity contribution in [3.8, 4) is 5.75 Å². The topological polar surface area (TPSA) is 66.8 Å². The van der Waals surface area contributed by atoms with Crippen LogP contribution in [0.15, 0.2) is 12.1 Å². The van der Waals surface area contributed by atoms with Gasteiger partial charge in [0.25, 0.3) is 0 Å². The number of piperidine rings is 1. The van der Waals surface area contributed by atoms with Crippen LogP contribution in [-0.4, -0.2) is 41.6 Å². The maximum Gasteiger partial charge on any atom is 0.394 e. The lowest BCUT2D eigenvalue weighted by Crippen LogP contribution is -2.43. The van der Waals surface area contributed by atoms with Crippen LogP contribution in [0.25, 0.3) is 0 Å². The zero-order chi connectivity index (χ0) is 21.3. The second kappa shape index (κ2) is 8.10. The second-order valence-corrected chi connectivity index (χ2v) is 9.68. The van der Waals surface area contributed by atoms with E-state index in [1.165, 1.54) is 4.90 Å². The predicted molar refractivity (Wildman–Crippen MR) is 106 cm³/mol. The molecule has 1 N–H and O–H groups in total. The number of hydrogen-bond donors (Lipinski definition) is 1. The smallest absolute Gasteiger partial charge is 0.394 e. The third-order valence-corrected chi connectivity index (χ3v) is 5.22. The van der Waals surface area contributed by atoms with Crippen molar-refractivity contribution in [1.29, 1.82) is 0 Å². The normalized spacial score (nSPS) is 16.2. The first-order valence-electron chi connectivity index (χ1n) is 9.80. The zero-order valence-corrected chi connectivity index (χ0v) is 17.8. The molecular weight excluding hydrogens is 361 g/mol. The van der Waals surface area contributed by atoms with Gasteiger partial charge in [0.1, 0.15) is 11.6 Å². The molecule has 5 nitrogen and oxygen atoms in total. The monoisotopic (exact) mass is 393 g/mol. The highest BCUT2D eigenvalue weighted by atomic mass is 19.1. The molecule has 28 heavy (non-hydrogen) atoms. The minimum absolute atomic E-state index is 0.225. The van der Waals surface area contributed by atoms with Crippen LogP contribution in [-0.2, 0) is 20.4 Å². The van der Waals surface area contributed by atoms with Gasteiger partial charge in [0.15, 0.2) is 0 Å². The van der Waals surface area contributed by atoms with Crippen molar-refractivity contribution in [2.75, 3.05) is 19.7 Å². The highest BCUT2D eigenvalue weighted by Gasteiger charge is 2.30. The van der Waals surface area contributed by atoms with Gasteiger partial charge in [0.2, 0.25) is 0 Å². The van der Waals surface area contributed by atoms with E-state index in [1.54, 1.807) is 12.1 Å². The number of rotatable bonds is 3. The number of likely N-dealkylation sites (tertiary alicyclic amines) is 1. The summed E-state index contributed by atoms with van der Waals surface area (Å²) in [6, 6.07) is 3.11. The number of ether oxygens (including phenoxy) is 1. The van der Waals surface area contributed by atoms with E-state index < -0.39 is 11.9 Å². The molecule has 1 fully saturated rings. The summed E-state index contributed by atoms with van der Waals surface area (Å²) in [5.41, 5.74) is 1.15. The first-order valence-corrected chi connectivity index (χ1v) is 9.80. The Hall–Kier alpha value is -2.11. The fraction of sp³-hybridized carbons (Fsp3) is 0.636. The zero-order valence-electron chi connectivity index (χ0n) is 17.8. The molecule has 0 atom stereocenters. The molecule has 156 valence electrons.